The summed E-state index contributed by atoms with van der Waals surface area (Å²) in [6.45, 7) is 0.425. The van der Waals surface area contributed by atoms with Gasteiger partial charge in [0.05, 0.1) is 20.8 Å². The molecule has 4 rings (SSSR count). The Kier molecular flexibility index (Phi) is 8.42. The van der Waals surface area contributed by atoms with E-state index in [1.54, 1.807) is 0 Å². The van der Waals surface area contributed by atoms with Crippen LogP contribution in [0.1, 0.15) is 6.92 Å². The van der Waals surface area contributed by atoms with E-state index in [0.717, 1.165) is 14.5 Å². The SMILES string of the molecule is CC(=O)Nc1ccc(S(=O)(=O)N(C)c2ccc(OCC(=O)OCC(=O)Nc3nc4ccccc4s3)cc2)cc1. The second-order valence-electron chi connectivity index (χ2n) is 8.16. The highest BCUT2D eigenvalue weighted by Crippen LogP contribution is 2.26. The van der Waals surface area contributed by atoms with Gasteiger partial charge >= 0.3 is 5.97 Å². The maximum atomic E-state index is 13.0. The fraction of sp³-hybridized carbons (Fsp3) is 0.154. The first-order valence-corrected chi connectivity index (χ1v) is 13.8. The standard InChI is InChI=1S/C26H24N4O7S2/c1-17(31)27-18-7-13-21(14-8-18)39(34,35)30(2)19-9-11-20(12-10-19)36-16-25(33)37-15-24(32)29-26-28-22-5-3-4-6-23(22)38-26/h3-14H,15-16H2,1-2H3,(H,27,31)(H,28,29,32). The van der Waals surface area contributed by atoms with Crippen molar-refractivity contribution in [1.82, 2.24) is 4.98 Å². The highest BCUT2D eigenvalue weighted by molar-refractivity contribution is 7.92. The van der Waals surface area contributed by atoms with Crippen LogP contribution in [0.15, 0.2) is 77.7 Å². The van der Waals surface area contributed by atoms with Crippen LogP contribution in [0.5, 0.6) is 5.75 Å². The van der Waals surface area contributed by atoms with E-state index in [9.17, 15) is 22.8 Å². The Hall–Kier alpha value is -4.49. The number of carbonyl (C=O) groups is 3. The molecule has 0 bridgehead atoms. The number of rotatable bonds is 10. The smallest absolute Gasteiger partial charge is 0.344 e. The molecule has 11 nitrogen and oxygen atoms in total. The van der Waals surface area contributed by atoms with Gasteiger partial charge in [0.25, 0.3) is 15.9 Å². The lowest BCUT2D eigenvalue weighted by atomic mass is 10.3. The molecule has 202 valence electrons. The van der Waals surface area contributed by atoms with E-state index in [0.29, 0.717) is 22.3 Å². The van der Waals surface area contributed by atoms with E-state index in [4.69, 9.17) is 9.47 Å². The van der Waals surface area contributed by atoms with Crippen LogP contribution < -0.4 is 19.7 Å². The highest BCUT2D eigenvalue weighted by atomic mass is 32.2. The van der Waals surface area contributed by atoms with Crippen molar-refractivity contribution < 1.29 is 32.3 Å². The molecule has 0 aliphatic heterocycles. The van der Waals surface area contributed by atoms with Crippen LogP contribution in [0.3, 0.4) is 0 Å². The Labute approximate surface area is 228 Å². The number of para-hydroxylation sites is 1. The molecule has 0 fully saturated rings. The van der Waals surface area contributed by atoms with Gasteiger partial charge in [0, 0.05) is 19.7 Å². The zero-order valence-corrected chi connectivity index (χ0v) is 22.5. The maximum Gasteiger partial charge on any atom is 0.344 e. The predicted octanol–water partition coefficient (Wildman–Crippen LogP) is 3.64. The van der Waals surface area contributed by atoms with Crippen LogP contribution >= 0.6 is 11.3 Å². The molecular formula is C26H24N4O7S2. The molecule has 2 amide bonds. The van der Waals surface area contributed by atoms with Crippen molar-refractivity contribution in [3.8, 4) is 5.75 Å². The third-order valence-corrected chi connectivity index (χ3v) is 8.05. The van der Waals surface area contributed by atoms with E-state index in [2.05, 4.69) is 15.6 Å². The molecule has 0 aliphatic rings. The van der Waals surface area contributed by atoms with Crippen molar-refractivity contribution in [2.24, 2.45) is 0 Å². The van der Waals surface area contributed by atoms with Crippen molar-refractivity contribution in [2.75, 3.05) is 35.2 Å². The highest BCUT2D eigenvalue weighted by Gasteiger charge is 2.21. The van der Waals surface area contributed by atoms with E-state index in [1.807, 2.05) is 24.3 Å². The van der Waals surface area contributed by atoms with E-state index in [1.165, 1.54) is 73.8 Å². The average Bonchev–Trinajstić information content (AvgIpc) is 3.33. The van der Waals surface area contributed by atoms with Crippen LogP contribution in [0, 0.1) is 0 Å². The van der Waals surface area contributed by atoms with Gasteiger partial charge in [0.15, 0.2) is 18.3 Å². The molecule has 0 saturated carbocycles. The summed E-state index contributed by atoms with van der Waals surface area (Å²) in [5.41, 5.74) is 1.61. The number of fused-ring (bicyclic) bond motifs is 1. The van der Waals surface area contributed by atoms with Gasteiger partial charge in [-0.2, -0.15) is 0 Å². The molecule has 13 heteroatoms. The second kappa shape index (κ2) is 11.9. The molecule has 4 aromatic rings. The number of benzene rings is 3. The Balaban J connectivity index is 1.25. The number of nitrogens with zero attached hydrogens (tertiary/aromatic N) is 2. The van der Waals surface area contributed by atoms with Gasteiger partial charge in [-0.1, -0.05) is 23.5 Å². The number of nitrogens with one attached hydrogen (secondary N) is 2. The summed E-state index contributed by atoms with van der Waals surface area (Å²) in [5.74, 6) is -1.23. The predicted molar refractivity (Wildman–Crippen MR) is 147 cm³/mol. The van der Waals surface area contributed by atoms with Gasteiger partial charge in [-0.3, -0.25) is 19.2 Å². The summed E-state index contributed by atoms with van der Waals surface area (Å²) < 4.78 is 38.3. The van der Waals surface area contributed by atoms with Crippen molar-refractivity contribution >= 4 is 65.9 Å². The van der Waals surface area contributed by atoms with Gasteiger partial charge in [0.2, 0.25) is 5.91 Å². The number of hydrogen-bond acceptors (Lipinski definition) is 9. The molecule has 0 unspecified atom stereocenters. The molecule has 0 saturated heterocycles. The lowest BCUT2D eigenvalue weighted by Crippen LogP contribution is -2.26. The summed E-state index contributed by atoms with van der Waals surface area (Å²) in [6.07, 6.45) is 0. The van der Waals surface area contributed by atoms with E-state index >= 15 is 0 Å². The third kappa shape index (κ3) is 7.09. The molecule has 0 aliphatic carbocycles. The van der Waals surface area contributed by atoms with Gasteiger partial charge in [0.1, 0.15) is 5.75 Å². The number of anilines is 3. The monoisotopic (exact) mass is 568 g/mol. The van der Waals surface area contributed by atoms with Crippen LogP contribution in [-0.4, -0.2) is 51.4 Å². The number of aromatic nitrogens is 1. The molecular weight excluding hydrogens is 544 g/mol. The number of hydrogen-bond donors (Lipinski definition) is 2. The summed E-state index contributed by atoms with van der Waals surface area (Å²) in [6, 6.07) is 19.3. The number of thiazole rings is 1. The summed E-state index contributed by atoms with van der Waals surface area (Å²) in [5, 5.41) is 5.58. The molecule has 1 heterocycles. The summed E-state index contributed by atoms with van der Waals surface area (Å²) >= 11 is 1.31. The summed E-state index contributed by atoms with van der Waals surface area (Å²) in [4.78, 5) is 39.6. The van der Waals surface area contributed by atoms with Gasteiger partial charge in [-0.15, -0.1) is 0 Å². The topological polar surface area (TPSA) is 144 Å². The normalized spacial score (nSPS) is 11.0. The lowest BCUT2D eigenvalue weighted by Gasteiger charge is -2.20. The molecule has 0 spiro atoms. The zero-order valence-electron chi connectivity index (χ0n) is 20.9. The van der Waals surface area contributed by atoms with Crippen molar-refractivity contribution in [3.05, 3.63) is 72.8 Å². The number of carbonyl (C=O) groups excluding carboxylic acids is 3. The van der Waals surface area contributed by atoms with Gasteiger partial charge < -0.3 is 14.8 Å². The van der Waals surface area contributed by atoms with Crippen LogP contribution in [0.4, 0.5) is 16.5 Å². The first-order chi connectivity index (χ1) is 18.6. The quantitative estimate of drug-likeness (QED) is 0.276. The summed E-state index contributed by atoms with van der Waals surface area (Å²) in [7, 11) is -2.45. The van der Waals surface area contributed by atoms with Gasteiger partial charge in [-0.25, -0.2) is 18.2 Å². The molecule has 3 aromatic carbocycles. The minimum atomic E-state index is -3.86. The third-order valence-electron chi connectivity index (χ3n) is 5.29. The molecule has 2 N–H and O–H groups in total. The Morgan fingerprint density at radius 3 is 2.28 bits per heavy atom. The number of esters is 1. The van der Waals surface area contributed by atoms with Crippen LogP contribution in [0.2, 0.25) is 0 Å². The van der Waals surface area contributed by atoms with Crippen molar-refractivity contribution in [2.45, 2.75) is 11.8 Å². The Morgan fingerprint density at radius 1 is 0.923 bits per heavy atom. The Morgan fingerprint density at radius 2 is 1.62 bits per heavy atom. The fourth-order valence-corrected chi connectivity index (χ4v) is 5.45. The zero-order chi connectivity index (χ0) is 28.0. The van der Waals surface area contributed by atoms with Crippen molar-refractivity contribution in [1.29, 1.82) is 0 Å². The molecule has 0 atom stereocenters. The number of ether oxygens (including phenoxy) is 2. The molecule has 0 radical (unpaired) electrons. The minimum absolute atomic E-state index is 0.0503. The largest absolute Gasteiger partial charge is 0.482 e. The fourth-order valence-electron chi connectivity index (χ4n) is 3.37. The Bertz CT molecular complexity index is 1570. The number of sulfonamides is 1. The first-order valence-electron chi connectivity index (χ1n) is 11.5. The van der Waals surface area contributed by atoms with Crippen LogP contribution in [-0.2, 0) is 29.1 Å². The number of amides is 2. The second-order valence-corrected chi connectivity index (χ2v) is 11.2. The maximum absolute atomic E-state index is 13.0. The molecule has 39 heavy (non-hydrogen) atoms. The molecule has 1 aromatic heterocycles. The van der Waals surface area contributed by atoms with Crippen LogP contribution in [0.25, 0.3) is 10.2 Å². The van der Waals surface area contributed by atoms with E-state index < -0.39 is 35.1 Å². The lowest BCUT2D eigenvalue weighted by molar-refractivity contribution is -0.149. The average molecular weight is 569 g/mol. The first kappa shape index (κ1) is 27.5. The van der Waals surface area contributed by atoms with E-state index in [-0.39, 0.29) is 10.8 Å². The van der Waals surface area contributed by atoms with Gasteiger partial charge in [-0.05, 0) is 60.7 Å². The van der Waals surface area contributed by atoms with Crippen molar-refractivity contribution in [3.63, 3.8) is 0 Å². The minimum Gasteiger partial charge on any atom is -0.482 e.